The third-order valence-corrected chi connectivity index (χ3v) is 5.46. The van der Waals surface area contributed by atoms with Gasteiger partial charge in [-0.15, -0.1) is 11.3 Å². The summed E-state index contributed by atoms with van der Waals surface area (Å²) in [6, 6.07) is 7.56. The SMILES string of the molecule is C[C@@H]1CCCN(Cc2csc(NC(=O)c3cccc(I)c3)n2)C1. The predicted molar refractivity (Wildman–Crippen MR) is 103 cm³/mol. The van der Waals surface area contributed by atoms with E-state index >= 15 is 0 Å². The quantitative estimate of drug-likeness (QED) is 0.723. The van der Waals surface area contributed by atoms with Crippen molar-refractivity contribution in [1.82, 2.24) is 9.88 Å². The lowest BCUT2D eigenvalue weighted by atomic mass is 10.0. The van der Waals surface area contributed by atoms with Crippen LogP contribution < -0.4 is 5.32 Å². The van der Waals surface area contributed by atoms with Gasteiger partial charge in [-0.1, -0.05) is 13.0 Å². The van der Waals surface area contributed by atoms with Crippen LogP contribution in [0.3, 0.4) is 0 Å². The van der Waals surface area contributed by atoms with Crippen LogP contribution in [0.25, 0.3) is 0 Å². The number of benzene rings is 1. The van der Waals surface area contributed by atoms with Crippen LogP contribution in [0.5, 0.6) is 0 Å². The van der Waals surface area contributed by atoms with Gasteiger partial charge in [0.05, 0.1) is 5.69 Å². The van der Waals surface area contributed by atoms with Crippen molar-refractivity contribution in [2.75, 3.05) is 18.4 Å². The molecule has 1 aromatic heterocycles. The van der Waals surface area contributed by atoms with Gasteiger partial charge >= 0.3 is 0 Å². The number of likely N-dealkylation sites (tertiary alicyclic amines) is 1. The summed E-state index contributed by atoms with van der Waals surface area (Å²) in [5.41, 5.74) is 1.71. The van der Waals surface area contributed by atoms with Gasteiger partial charge in [-0.3, -0.25) is 15.0 Å². The number of carbonyl (C=O) groups is 1. The highest BCUT2D eigenvalue weighted by atomic mass is 127. The van der Waals surface area contributed by atoms with E-state index in [1.54, 1.807) is 0 Å². The van der Waals surface area contributed by atoms with Crippen LogP contribution in [0.1, 0.15) is 35.8 Å². The molecule has 0 radical (unpaired) electrons. The van der Waals surface area contributed by atoms with Gasteiger partial charge in [-0.25, -0.2) is 4.98 Å². The first-order chi connectivity index (χ1) is 11.1. The van der Waals surface area contributed by atoms with Gasteiger partial charge in [0.1, 0.15) is 0 Å². The van der Waals surface area contributed by atoms with E-state index in [0.717, 1.165) is 34.8 Å². The molecule has 23 heavy (non-hydrogen) atoms. The highest BCUT2D eigenvalue weighted by Crippen LogP contribution is 2.21. The molecule has 1 aromatic carbocycles. The number of thiazole rings is 1. The van der Waals surface area contributed by atoms with Crippen molar-refractivity contribution in [3.8, 4) is 0 Å². The van der Waals surface area contributed by atoms with Crippen LogP contribution in [0.15, 0.2) is 29.6 Å². The zero-order valence-corrected chi connectivity index (χ0v) is 16.1. The molecule has 2 aromatic rings. The average Bonchev–Trinajstić information content (AvgIpc) is 2.94. The largest absolute Gasteiger partial charge is 0.298 e. The number of hydrogen-bond acceptors (Lipinski definition) is 4. The van der Waals surface area contributed by atoms with Crippen LogP contribution in [0, 0.1) is 9.49 Å². The van der Waals surface area contributed by atoms with Gasteiger partial charge in [0.15, 0.2) is 5.13 Å². The number of anilines is 1. The smallest absolute Gasteiger partial charge is 0.257 e. The third-order valence-electron chi connectivity index (χ3n) is 3.99. The van der Waals surface area contributed by atoms with E-state index in [1.165, 1.54) is 24.2 Å². The molecule has 0 spiro atoms. The van der Waals surface area contributed by atoms with Crippen molar-refractivity contribution in [2.45, 2.75) is 26.3 Å². The van der Waals surface area contributed by atoms with Gasteiger partial charge in [-0.2, -0.15) is 0 Å². The summed E-state index contributed by atoms with van der Waals surface area (Å²) in [7, 11) is 0. The number of carbonyl (C=O) groups excluding carboxylic acids is 1. The summed E-state index contributed by atoms with van der Waals surface area (Å²) < 4.78 is 1.05. The maximum absolute atomic E-state index is 12.3. The molecule has 1 fully saturated rings. The Morgan fingerprint density at radius 3 is 3.17 bits per heavy atom. The maximum atomic E-state index is 12.3. The van der Waals surface area contributed by atoms with Crippen molar-refractivity contribution in [3.63, 3.8) is 0 Å². The van der Waals surface area contributed by atoms with E-state index in [-0.39, 0.29) is 5.91 Å². The summed E-state index contributed by atoms with van der Waals surface area (Å²) in [5.74, 6) is 0.665. The Labute approximate surface area is 154 Å². The summed E-state index contributed by atoms with van der Waals surface area (Å²) in [4.78, 5) is 19.3. The summed E-state index contributed by atoms with van der Waals surface area (Å²) in [6.07, 6.45) is 2.59. The first kappa shape index (κ1) is 16.9. The molecule has 1 amide bonds. The Bertz CT molecular complexity index is 688. The van der Waals surface area contributed by atoms with Crippen molar-refractivity contribution < 1.29 is 4.79 Å². The average molecular weight is 441 g/mol. The van der Waals surface area contributed by atoms with Crippen molar-refractivity contribution in [3.05, 3.63) is 44.5 Å². The molecule has 1 aliphatic heterocycles. The van der Waals surface area contributed by atoms with E-state index in [1.807, 2.05) is 29.6 Å². The fourth-order valence-corrected chi connectivity index (χ4v) is 4.14. The number of rotatable bonds is 4. The second-order valence-electron chi connectivity index (χ2n) is 6.09. The highest BCUT2D eigenvalue weighted by Gasteiger charge is 2.17. The van der Waals surface area contributed by atoms with Gasteiger partial charge < -0.3 is 0 Å². The molecule has 0 saturated carbocycles. The normalized spacial score (nSPS) is 18.8. The number of nitrogens with zero attached hydrogens (tertiary/aromatic N) is 2. The van der Waals surface area contributed by atoms with E-state index in [2.05, 4.69) is 44.7 Å². The summed E-state index contributed by atoms with van der Waals surface area (Å²) in [5, 5.41) is 5.62. The third kappa shape index (κ3) is 4.74. The lowest BCUT2D eigenvalue weighted by Crippen LogP contribution is -2.33. The Hall–Kier alpha value is -0.990. The fourth-order valence-electron chi connectivity index (χ4n) is 2.90. The number of piperidine rings is 1. The molecule has 2 heterocycles. The lowest BCUT2D eigenvalue weighted by molar-refractivity contribution is 0.102. The fraction of sp³-hybridized carbons (Fsp3) is 0.412. The summed E-state index contributed by atoms with van der Waals surface area (Å²) >= 11 is 3.70. The van der Waals surface area contributed by atoms with E-state index < -0.39 is 0 Å². The molecule has 3 rings (SSSR count). The van der Waals surface area contributed by atoms with E-state index in [4.69, 9.17) is 0 Å². The molecule has 0 unspecified atom stereocenters. The van der Waals surface area contributed by atoms with Crippen LogP contribution in [-0.2, 0) is 6.54 Å². The minimum atomic E-state index is -0.101. The van der Waals surface area contributed by atoms with Crippen molar-refractivity contribution in [2.24, 2.45) is 5.92 Å². The Balaban J connectivity index is 1.59. The number of halogens is 1. The van der Waals surface area contributed by atoms with Crippen LogP contribution in [0.4, 0.5) is 5.13 Å². The molecule has 1 aliphatic rings. The van der Waals surface area contributed by atoms with Crippen LogP contribution >= 0.6 is 33.9 Å². The van der Waals surface area contributed by atoms with Gasteiger partial charge in [0.25, 0.3) is 5.91 Å². The Kier molecular flexibility index (Phi) is 5.66. The minimum Gasteiger partial charge on any atom is -0.298 e. The Morgan fingerprint density at radius 1 is 1.52 bits per heavy atom. The molecule has 1 atom stereocenters. The molecule has 1 N–H and O–H groups in total. The first-order valence-corrected chi connectivity index (χ1v) is 9.79. The second kappa shape index (κ2) is 7.72. The number of hydrogen-bond donors (Lipinski definition) is 1. The number of nitrogens with one attached hydrogen (secondary N) is 1. The second-order valence-corrected chi connectivity index (χ2v) is 8.19. The minimum absolute atomic E-state index is 0.101. The van der Waals surface area contributed by atoms with E-state index in [9.17, 15) is 4.79 Å². The lowest BCUT2D eigenvalue weighted by Gasteiger charge is -2.30. The predicted octanol–water partition coefficient (Wildman–Crippen LogP) is 4.23. The molecule has 1 saturated heterocycles. The molecular weight excluding hydrogens is 421 g/mol. The highest BCUT2D eigenvalue weighted by molar-refractivity contribution is 14.1. The molecule has 6 heteroatoms. The molecule has 122 valence electrons. The van der Waals surface area contributed by atoms with Crippen LogP contribution in [0.2, 0.25) is 0 Å². The van der Waals surface area contributed by atoms with Crippen molar-refractivity contribution in [1.29, 1.82) is 0 Å². The first-order valence-electron chi connectivity index (χ1n) is 7.84. The number of amides is 1. The topological polar surface area (TPSA) is 45.2 Å². The van der Waals surface area contributed by atoms with Gasteiger partial charge in [0.2, 0.25) is 0 Å². The standard InChI is InChI=1S/C17H20IN3OS/c1-12-4-3-7-21(9-12)10-15-11-23-17(19-15)20-16(22)13-5-2-6-14(18)8-13/h2,5-6,8,11-12H,3-4,7,9-10H2,1H3,(H,19,20,22)/t12-/m1/s1. The van der Waals surface area contributed by atoms with Crippen molar-refractivity contribution >= 4 is 45.0 Å². The molecule has 4 nitrogen and oxygen atoms in total. The molecule has 0 bridgehead atoms. The summed E-state index contributed by atoms with van der Waals surface area (Å²) in [6.45, 7) is 5.47. The van der Waals surface area contributed by atoms with Crippen LogP contribution in [-0.4, -0.2) is 28.9 Å². The maximum Gasteiger partial charge on any atom is 0.257 e. The monoisotopic (exact) mass is 441 g/mol. The van der Waals surface area contributed by atoms with Gasteiger partial charge in [0, 0.05) is 27.6 Å². The number of aromatic nitrogens is 1. The Morgan fingerprint density at radius 2 is 2.39 bits per heavy atom. The molecule has 0 aliphatic carbocycles. The van der Waals surface area contributed by atoms with Gasteiger partial charge in [-0.05, 0) is 66.1 Å². The van der Waals surface area contributed by atoms with E-state index in [0.29, 0.717) is 10.7 Å². The zero-order chi connectivity index (χ0) is 16.2. The zero-order valence-electron chi connectivity index (χ0n) is 13.1. The molecular formula is C17H20IN3OS.